The van der Waals surface area contributed by atoms with Gasteiger partial charge < -0.3 is 9.84 Å². The van der Waals surface area contributed by atoms with E-state index in [1.54, 1.807) is 12.1 Å². The second kappa shape index (κ2) is 6.24. The van der Waals surface area contributed by atoms with Gasteiger partial charge >= 0.3 is 6.16 Å². The number of ether oxygens (including phenoxy) is 1. The molecule has 0 amide bonds. The molecule has 0 spiro atoms. The third-order valence-electron chi connectivity index (χ3n) is 2.75. The smallest absolute Gasteiger partial charge is 0.449 e. The molecule has 7 nitrogen and oxygen atoms in total. The number of rotatable bonds is 3. The van der Waals surface area contributed by atoms with E-state index in [2.05, 4.69) is 20.7 Å². The molecule has 22 heavy (non-hydrogen) atoms. The highest BCUT2D eigenvalue weighted by molar-refractivity contribution is 9.10. The number of hydrogen-bond acceptors (Lipinski definition) is 5. The van der Waals surface area contributed by atoms with Gasteiger partial charge in [-0.2, -0.15) is 5.26 Å². The Morgan fingerprint density at radius 1 is 1.36 bits per heavy atom. The molecule has 2 aromatic carbocycles. The third-order valence-corrected chi connectivity index (χ3v) is 3.37. The lowest BCUT2D eigenvalue weighted by atomic mass is 10.0. The average molecular weight is 363 g/mol. The number of carboxylic acid groups (broad SMARTS) is 1. The van der Waals surface area contributed by atoms with Gasteiger partial charge in [0.1, 0.15) is 5.75 Å². The fraction of sp³-hybridized carbons (Fsp3) is 0. The van der Waals surface area contributed by atoms with Crippen molar-refractivity contribution in [2.24, 2.45) is 0 Å². The van der Waals surface area contributed by atoms with Crippen LogP contribution in [0.3, 0.4) is 0 Å². The number of nitro groups is 1. The predicted molar refractivity (Wildman–Crippen MR) is 79.6 cm³/mol. The fourth-order valence-electron chi connectivity index (χ4n) is 1.92. The molecule has 0 aliphatic rings. The lowest BCUT2D eigenvalue weighted by Gasteiger charge is -2.10. The monoisotopic (exact) mass is 362 g/mol. The Morgan fingerprint density at radius 3 is 2.64 bits per heavy atom. The Morgan fingerprint density at radius 2 is 2.05 bits per heavy atom. The Kier molecular flexibility index (Phi) is 4.39. The zero-order valence-corrected chi connectivity index (χ0v) is 12.4. The summed E-state index contributed by atoms with van der Waals surface area (Å²) in [4.78, 5) is 21.4. The van der Waals surface area contributed by atoms with Gasteiger partial charge in [0.25, 0.3) is 5.69 Å². The first-order valence-corrected chi connectivity index (χ1v) is 6.61. The molecule has 0 radical (unpaired) electrons. The molecule has 2 aromatic rings. The molecule has 2 rings (SSSR count). The van der Waals surface area contributed by atoms with E-state index in [1.807, 2.05) is 6.07 Å². The van der Waals surface area contributed by atoms with Crippen molar-refractivity contribution >= 4 is 27.8 Å². The largest absolute Gasteiger partial charge is 0.511 e. The molecule has 0 heterocycles. The van der Waals surface area contributed by atoms with Crippen LogP contribution in [0, 0.1) is 21.4 Å². The molecule has 1 N–H and O–H groups in total. The molecule has 0 aliphatic carbocycles. The Bertz CT molecular complexity index is 813. The van der Waals surface area contributed by atoms with E-state index < -0.39 is 11.1 Å². The van der Waals surface area contributed by atoms with Gasteiger partial charge in [-0.1, -0.05) is 18.2 Å². The minimum absolute atomic E-state index is 0.0384. The lowest BCUT2D eigenvalue weighted by Crippen LogP contribution is -2.04. The molecular formula is C14H7BrN2O5. The summed E-state index contributed by atoms with van der Waals surface area (Å²) in [6.07, 6.45) is -1.53. The molecule has 0 fully saturated rings. The van der Waals surface area contributed by atoms with Crippen molar-refractivity contribution in [2.45, 2.75) is 0 Å². The summed E-state index contributed by atoms with van der Waals surface area (Å²) in [6.45, 7) is 0. The van der Waals surface area contributed by atoms with Gasteiger partial charge in [-0.25, -0.2) is 4.79 Å². The van der Waals surface area contributed by atoms with Crippen LogP contribution in [-0.2, 0) is 0 Å². The van der Waals surface area contributed by atoms with Crippen LogP contribution < -0.4 is 4.74 Å². The first kappa shape index (κ1) is 15.5. The summed E-state index contributed by atoms with van der Waals surface area (Å²) in [7, 11) is 0. The van der Waals surface area contributed by atoms with Crippen LogP contribution in [0.15, 0.2) is 40.9 Å². The quantitative estimate of drug-likeness (QED) is 0.382. The number of benzene rings is 2. The van der Waals surface area contributed by atoms with E-state index in [9.17, 15) is 14.9 Å². The molecular weight excluding hydrogens is 356 g/mol. The van der Waals surface area contributed by atoms with Gasteiger partial charge in [-0.15, -0.1) is 0 Å². The molecule has 0 unspecified atom stereocenters. The third kappa shape index (κ3) is 3.05. The molecule has 0 aliphatic heterocycles. The second-order valence-electron chi connectivity index (χ2n) is 4.09. The van der Waals surface area contributed by atoms with Gasteiger partial charge in [-0.05, 0) is 28.1 Å². The Labute approximate surface area is 132 Å². The summed E-state index contributed by atoms with van der Waals surface area (Å²) in [6, 6.07) is 10.4. The topological polar surface area (TPSA) is 113 Å². The summed E-state index contributed by atoms with van der Waals surface area (Å²) in [5.74, 6) is -0.0384. The normalized spacial score (nSPS) is 9.82. The number of nitro benzene ring substituents is 1. The number of para-hydroxylation sites is 1. The first-order valence-electron chi connectivity index (χ1n) is 5.82. The standard InChI is InChI=1S/C14H7BrN2O5/c15-10-5-8(7-16)6-11(17(20)21)13(10)9-3-1-2-4-12(9)22-14(18)19/h1-6H,(H,18,19). The van der Waals surface area contributed by atoms with Gasteiger partial charge in [0.2, 0.25) is 0 Å². The number of halogens is 1. The zero-order valence-electron chi connectivity index (χ0n) is 10.8. The summed E-state index contributed by atoms with van der Waals surface area (Å²) >= 11 is 3.19. The van der Waals surface area contributed by atoms with Gasteiger partial charge in [0, 0.05) is 16.1 Å². The summed E-state index contributed by atoms with van der Waals surface area (Å²) in [5.41, 5.74) is 0.153. The highest BCUT2D eigenvalue weighted by Crippen LogP contribution is 2.41. The molecule has 0 aromatic heterocycles. The summed E-state index contributed by atoms with van der Waals surface area (Å²) in [5, 5.41) is 28.9. The van der Waals surface area contributed by atoms with E-state index in [-0.39, 0.29) is 28.1 Å². The Hall–Kier alpha value is -2.92. The maximum Gasteiger partial charge on any atom is 0.511 e. The van der Waals surface area contributed by atoms with Crippen LogP contribution in [0.2, 0.25) is 0 Å². The highest BCUT2D eigenvalue weighted by atomic mass is 79.9. The van der Waals surface area contributed by atoms with Crippen molar-refractivity contribution in [1.29, 1.82) is 5.26 Å². The van der Waals surface area contributed by atoms with E-state index in [1.165, 1.54) is 18.2 Å². The number of hydrogen-bond donors (Lipinski definition) is 1. The number of carbonyl (C=O) groups is 1. The van der Waals surface area contributed by atoms with Crippen molar-refractivity contribution in [1.82, 2.24) is 0 Å². The van der Waals surface area contributed by atoms with Crippen LogP contribution in [0.1, 0.15) is 5.56 Å². The van der Waals surface area contributed by atoms with Crippen LogP contribution in [0.25, 0.3) is 11.1 Å². The van der Waals surface area contributed by atoms with E-state index in [4.69, 9.17) is 10.4 Å². The van der Waals surface area contributed by atoms with Gasteiger partial charge in [0.05, 0.1) is 22.1 Å². The predicted octanol–water partition coefficient (Wildman–Crippen LogP) is 3.95. The molecule has 110 valence electrons. The molecule has 0 bridgehead atoms. The highest BCUT2D eigenvalue weighted by Gasteiger charge is 2.23. The lowest BCUT2D eigenvalue weighted by molar-refractivity contribution is -0.384. The number of nitrogens with zero attached hydrogens (tertiary/aromatic N) is 2. The molecule has 0 saturated heterocycles. The van der Waals surface area contributed by atoms with Crippen LogP contribution in [-0.4, -0.2) is 16.2 Å². The van der Waals surface area contributed by atoms with E-state index in [0.717, 1.165) is 6.07 Å². The summed E-state index contributed by atoms with van der Waals surface area (Å²) < 4.78 is 4.95. The van der Waals surface area contributed by atoms with Crippen molar-refractivity contribution in [3.05, 3.63) is 56.5 Å². The second-order valence-corrected chi connectivity index (χ2v) is 4.94. The van der Waals surface area contributed by atoms with Crippen LogP contribution in [0.4, 0.5) is 10.5 Å². The van der Waals surface area contributed by atoms with E-state index in [0.29, 0.717) is 4.47 Å². The minimum atomic E-state index is -1.53. The molecule has 8 heteroatoms. The van der Waals surface area contributed by atoms with Crippen molar-refractivity contribution in [2.75, 3.05) is 0 Å². The maximum atomic E-state index is 11.3. The maximum absolute atomic E-state index is 11.3. The molecule has 0 saturated carbocycles. The SMILES string of the molecule is N#Cc1cc(Br)c(-c2ccccc2OC(=O)O)c([N+](=O)[O-])c1. The fourth-order valence-corrected chi connectivity index (χ4v) is 2.59. The van der Waals surface area contributed by atoms with Crippen molar-refractivity contribution in [3.8, 4) is 22.9 Å². The zero-order chi connectivity index (χ0) is 16.3. The van der Waals surface area contributed by atoms with E-state index >= 15 is 0 Å². The average Bonchev–Trinajstić information content (AvgIpc) is 2.46. The van der Waals surface area contributed by atoms with Crippen LogP contribution in [0.5, 0.6) is 5.75 Å². The van der Waals surface area contributed by atoms with Gasteiger partial charge in [-0.3, -0.25) is 10.1 Å². The van der Waals surface area contributed by atoms with Gasteiger partial charge in [0.15, 0.2) is 0 Å². The van der Waals surface area contributed by atoms with Crippen LogP contribution >= 0.6 is 15.9 Å². The Balaban J connectivity index is 2.75. The minimum Gasteiger partial charge on any atom is -0.449 e. The number of nitriles is 1. The first-order chi connectivity index (χ1) is 10.4. The van der Waals surface area contributed by atoms with Crippen molar-refractivity contribution < 1.29 is 19.6 Å². The molecule has 0 atom stereocenters. The van der Waals surface area contributed by atoms with Crippen molar-refractivity contribution in [3.63, 3.8) is 0 Å².